The summed E-state index contributed by atoms with van der Waals surface area (Å²) in [6.07, 6.45) is 6.01. The molecule has 3 nitrogen and oxygen atoms in total. The number of carbonyl (C=O) groups is 1. The molecule has 1 aromatic rings. The molecule has 0 radical (unpaired) electrons. The van der Waals surface area contributed by atoms with Crippen LogP contribution in [0.1, 0.15) is 42.9 Å². The van der Waals surface area contributed by atoms with Crippen LogP contribution in [0.25, 0.3) is 0 Å². The van der Waals surface area contributed by atoms with Crippen molar-refractivity contribution in [2.45, 2.75) is 45.4 Å². The number of fused-ring (bicyclic) bond motifs is 2. The van der Waals surface area contributed by atoms with Gasteiger partial charge in [-0.3, -0.25) is 4.79 Å². The zero-order valence-electron chi connectivity index (χ0n) is 12.4. The van der Waals surface area contributed by atoms with Gasteiger partial charge in [-0.05, 0) is 61.5 Å². The molecule has 0 spiro atoms. The summed E-state index contributed by atoms with van der Waals surface area (Å²) in [6, 6.07) is 4.66. The van der Waals surface area contributed by atoms with Crippen LogP contribution in [0.3, 0.4) is 0 Å². The van der Waals surface area contributed by atoms with Crippen LogP contribution in [0.2, 0.25) is 0 Å². The molecule has 0 unspecified atom stereocenters. The molecule has 1 N–H and O–H groups in total. The van der Waals surface area contributed by atoms with Crippen molar-refractivity contribution >= 4 is 11.6 Å². The summed E-state index contributed by atoms with van der Waals surface area (Å²) in [4.78, 5) is 14.2. The van der Waals surface area contributed by atoms with Crippen molar-refractivity contribution in [3.05, 3.63) is 28.8 Å². The second kappa shape index (κ2) is 5.96. The average Bonchev–Trinajstić information content (AvgIpc) is 2.69. The van der Waals surface area contributed by atoms with E-state index < -0.39 is 0 Å². The number of amides is 1. The molecule has 3 rings (SSSR count). The Kier molecular flexibility index (Phi) is 4.06. The van der Waals surface area contributed by atoms with Crippen LogP contribution in [0.4, 0.5) is 5.69 Å². The highest BCUT2D eigenvalue weighted by atomic mass is 16.2. The van der Waals surface area contributed by atoms with E-state index in [-0.39, 0.29) is 0 Å². The minimum atomic E-state index is 0.303. The highest BCUT2D eigenvalue weighted by molar-refractivity contribution is 5.96. The highest BCUT2D eigenvalue weighted by Crippen LogP contribution is 2.32. The topological polar surface area (TPSA) is 32.3 Å². The molecule has 1 aromatic carbocycles. The summed E-state index contributed by atoms with van der Waals surface area (Å²) in [5.74, 6) is 0.303. The minimum Gasteiger partial charge on any atom is -0.316 e. The number of anilines is 1. The smallest absolute Gasteiger partial charge is 0.227 e. The summed E-state index contributed by atoms with van der Waals surface area (Å²) in [5.41, 5.74) is 5.49. The van der Waals surface area contributed by atoms with Crippen molar-refractivity contribution in [2.75, 3.05) is 24.5 Å². The fourth-order valence-electron chi connectivity index (χ4n) is 3.29. The van der Waals surface area contributed by atoms with Crippen molar-refractivity contribution in [3.8, 4) is 0 Å². The minimum absolute atomic E-state index is 0.303. The molecular formula is C17H24N2O. The molecule has 0 saturated carbocycles. The van der Waals surface area contributed by atoms with Gasteiger partial charge in [-0.1, -0.05) is 19.4 Å². The Morgan fingerprint density at radius 3 is 2.55 bits per heavy atom. The number of aryl methyl sites for hydroxylation is 1. The van der Waals surface area contributed by atoms with E-state index in [4.69, 9.17) is 0 Å². The Labute approximate surface area is 121 Å². The third-order valence-electron chi connectivity index (χ3n) is 4.48. The number of unbranched alkanes of at least 4 members (excludes halogenated alkanes) is 1. The Morgan fingerprint density at radius 2 is 1.80 bits per heavy atom. The number of nitrogens with zero attached hydrogens (tertiary/aromatic N) is 1. The molecule has 0 atom stereocenters. The molecule has 1 amide bonds. The zero-order chi connectivity index (χ0) is 13.9. The summed E-state index contributed by atoms with van der Waals surface area (Å²) in [6.45, 7) is 5.18. The van der Waals surface area contributed by atoms with E-state index in [0.717, 1.165) is 51.7 Å². The summed E-state index contributed by atoms with van der Waals surface area (Å²) >= 11 is 0. The third kappa shape index (κ3) is 2.59. The number of hydrogen-bond donors (Lipinski definition) is 1. The number of benzene rings is 1. The molecule has 0 saturated heterocycles. The summed E-state index contributed by atoms with van der Waals surface area (Å²) < 4.78 is 0. The molecule has 2 heterocycles. The number of rotatable bonds is 3. The van der Waals surface area contributed by atoms with Gasteiger partial charge in [-0.15, -0.1) is 0 Å². The van der Waals surface area contributed by atoms with E-state index in [0.29, 0.717) is 12.3 Å². The Bertz CT molecular complexity index is 510. The third-order valence-corrected chi connectivity index (χ3v) is 4.48. The van der Waals surface area contributed by atoms with E-state index in [1.807, 2.05) is 4.90 Å². The van der Waals surface area contributed by atoms with Crippen molar-refractivity contribution < 1.29 is 4.79 Å². The lowest BCUT2D eigenvalue weighted by atomic mass is 9.93. The monoisotopic (exact) mass is 272 g/mol. The Hall–Kier alpha value is -1.35. The van der Waals surface area contributed by atoms with Crippen LogP contribution >= 0.6 is 0 Å². The van der Waals surface area contributed by atoms with Crippen LogP contribution < -0.4 is 10.2 Å². The SMILES string of the molecule is CCCCN1C(=O)CCc2cc3c(cc21)CCNCC3. The van der Waals surface area contributed by atoms with Crippen LogP contribution in [-0.4, -0.2) is 25.5 Å². The predicted octanol–water partition coefficient (Wildman–Crippen LogP) is 2.45. The Morgan fingerprint density at radius 1 is 1.05 bits per heavy atom. The average molecular weight is 272 g/mol. The maximum absolute atomic E-state index is 12.2. The van der Waals surface area contributed by atoms with Gasteiger partial charge in [0.1, 0.15) is 0 Å². The Balaban J connectivity index is 1.96. The van der Waals surface area contributed by atoms with E-state index in [1.54, 1.807) is 0 Å². The van der Waals surface area contributed by atoms with Crippen molar-refractivity contribution in [3.63, 3.8) is 0 Å². The van der Waals surface area contributed by atoms with Crippen LogP contribution in [0.15, 0.2) is 12.1 Å². The fraction of sp³-hybridized carbons (Fsp3) is 0.588. The molecular weight excluding hydrogens is 248 g/mol. The van der Waals surface area contributed by atoms with Gasteiger partial charge in [0, 0.05) is 18.7 Å². The first kappa shape index (κ1) is 13.6. The van der Waals surface area contributed by atoms with Crippen LogP contribution in [0.5, 0.6) is 0 Å². The molecule has 2 aliphatic rings. The van der Waals surface area contributed by atoms with Gasteiger partial charge in [0.05, 0.1) is 0 Å². The zero-order valence-corrected chi connectivity index (χ0v) is 12.4. The second-order valence-corrected chi connectivity index (χ2v) is 5.90. The molecule has 2 aliphatic heterocycles. The molecule has 0 aliphatic carbocycles. The van der Waals surface area contributed by atoms with Crippen LogP contribution in [0, 0.1) is 0 Å². The van der Waals surface area contributed by atoms with Gasteiger partial charge in [-0.25, -0.2) is 0 Å². The summed E-state index contributed by atoms with van der Waals surface area (Å²) in [7, 11) is 0. The normalized spacial score (nSPS) is 18.4. The molecule has 108 valence electrons. The largest absolute Gasteiger partial charge is 0.316 e. The highest BCUT2D eigenvalue weighted by Gasteiger charge is 2.25. The van der Waals surface area contributed by atoms with Gasteiger partial charge >= 0.3 is 0 Å². The summed E-state index contributed by atoms with van der Waals surface area (Å²) in [5, 5.41) is 3.46. The first-order valence-electron chi connectivity index (χ1n) is 7.95. The first-order valence-corrected chi connectivity index (χ1v) is 7.95. The number of carbonyl (C=O) groups excluding carboxylic acids is 1. The molecule has 0 aromatic heterocycles. The maximum atomic E-state index is 12.2. The molecule has 3 heteroatoms. The first-order chi connectivity index (χ1) is 9.79. The van der Waals surface area contributed by atoms with Crippen LogP contribution in [-0.2, 0) is 24.1 Å². The van der Waals surface area contributed by atoms with E-state index in [9.17, 15) is 4.79 Å². The lowest BCUT2D eigenvalue weighted by Gasteiger charge is -2.30. The lowest BCUT2D eigenvalue weighted by Crippen LogP contribution is -2.36. The number of hydrogen-bond acceptors (Lipinski definition) is 2. The fourth-order valence-corrected chi connectivity index (χ4v) is 3.29. The van der Waals surface area contributed by atoms with Crippen molar-refractivity contribution in [2.24, 2.45) is 0 Å². The predicted molar refractivity (Wildman–Crippen MR) is 82.3 cm³/mol. The van der Waals surface area contributed by atoms with Gasteiger partial charge in [0.25, 0.3) is 0 Å². The quantitative estimate of drug-likeness (QED) is 0.916. The van der Waals surface area contributed by atoms with Gasteiger partial charge < -0.3 is 10.2 Å². The molecule has 0 bridgehead atoms. The van der Waals surface area contributed by atoms with Gasteiger partial charge in [0.15, 0.2) is 0 Å². The maximum Gasteiger partial charge on any atom is 0.227 e. The molecule has 0 fully saturated rings. The van der Waals surface area contributed by atoms with Gasteiger partial charge in [0.2, 0.25) is 5.91 Å². The van der Waals surface area contributed by atoms with Crippen molar-refractivity contribution in [1.29, 1.82) is 0 Å². The van der Waals surface area contributed by atoms with E-state index in [2.05, 4.69) is 24.4 Å². The van der Waals surface area contributed by atoms with Crippen molar-refractivity contribution in [1.82, 2.24) is 5.32 Å². The molecule has 20 heavy (non-hydrogen) atoms. The number of nitrogens with one attached hydrogen (secondary N) is 1. The second-order valence-electron chi connectivity index (χ2n) is 5.90. The van der Waals surface area contributed by atoms with E-state index in [1.165, 1.54) is 22.4 Å². The van der Waals surface area contributed by atoms with Gasteiger partial charge in [-0.2, -0.15) is 0 Å². The standard InChI is InChI=1S/C17H24N2O/c1-2-3-10-19-16-12-14-7-9-18-8-6-13(14)11-15(16)4-5-17(19)20/h11-12,18H,2-10H2,1H3. The lowest BCUT2D eigenvalue weighted by molar-refractivity contribution is -0.118. The van der Waals surface area contributed by atoms with E-state index >= 15 is 0 Å².